The number of hydrogen-bond donors (Lipinski definition) is 1. The molecule has 3 rings (SSSR count). The van der Waals surface area contributed by atoms with Crippen molar-refractivity contribution in [1.82, 2.24) is 5.32 Å². The van der Waals surface area contributed by atoms with Crippen LogP contribution in [0.25, 0.3) is 0 Å². The van der Waals surface area contributed by atoms with E-state index < -0.39 is 11.6 Å². The Morgan fingerprint density at radius 2 is 2.12 bits per heavy atom. The molecule has 92 valence electrons. The van der Waals surface area contributed by atoms with Gasteiger partial charge in [-0.3, -0.25) is 0 Å². The van der Waals surface area contributed by atoms with Crippen LogP contribution in [-0.2, 0) is 10.2 Å². The van der Waals surface area contributed by atoms with Gasteiger partial charge in [-0.2, -0.15) is 0 Å². The molecule has 2 saturated heterocycles. The SMILES string of the molecule is Fc1ccc(C2(C3CCNC3)COC2)c(F)c1. The van der Waals surface area contributed by atoms with Gasteiger partial charge < -0.3 is 10.1 Å². The van der Waals surface area contributed by atoms with E-state index in [0.717, 1.165) is 25.6 Å². The van der Waals surface area contributed by atoms with E-state index in [2.05, 4.69) is 5.32 Å². The summed E-state index contributed by atoms with van der Waals surface area (Å²) in [6.45, 7) is 2.94. The van der Waals surface area contributed by atoms with Crippen molar-refractivity contribution in [3.8, 4) is 0 Å². The fraction of sp³-hybridized carbons (Fsp3) is 0.538. The summed E-state index contributed by atoms with van der Waals surface area (Å²) in [5.74, 6) is -0.581. The molecule has 2 aliphatic rings. The van der Waals surface area contributed by atoms with Crippen molar-refractivity contribution in [2.45, 2.75) is 11.8 Å². The first kappa shape index (κ1) is 11.1. The zero-order chi connectivity index (χ0) is 11.9. The van der Waals surface area contributed by atoms with Crippen LogP contribution in [0.15, 0.2) is 18.2 Å². The van der Waals surface area contributed by atoms with Crippen molar-refractivity contribution >= 4 is 0 Å². The molecule has 2 heterocycles. The van der Waals surface area contributed by atoms with Gasteiger partial charge in [-0.15, -0.1) is 0 Å². The molecule has 0 saturated carbocycles. The van der Waals surface area contributed by atoms with Gasteiger partial charge in [0, 0.05) is 11.5 Å². The fourth-order valence-electron chi connectivity index (χ4n) is 2.95. The smallest absolute Gasteiger partial charge is 0.130 e. The van der Waals surface area contributed by atoms with Crippen molar-refractivity contribution in [3.05, 3.63) is 35.4 Å². The Morgan fingerprint density at radius 1 is 1.29 bits per heavy atom. The lowest BCUT2D eigenvalue weighted by Gasteiger charge is -2.46. The maximum absolute atomic E-state index is 13.9. The minimum Gasteiger partial charge on any atom is -0.379 e. The third kappa shape index (κ3) is 1.67. The van der Waals surface area contributed by atoms with Gasteiger partial charge in [0.05, 0.1) is 13.2 Å². The third-order valence-corrected chi connectivity index (χ3v) is 4.03. The van der Waals surface area contributed by atoms with Crippen LogP contribution >= 0.6 is 0 Å². The van der Waals surface area contributed by atoms with Crippen LogP contribution in [-0.4, -0.2) is 26.3 Å². The van der Waals surface area contributed by atoms with Crippen LogP contribution in [0.5, 0.6) is 0 Å². The standard InChI is InChI=1S/C13H15F2NO/c14-10-1-2-11(12(15)5-10)13(7-17-8-13)9-3-4-16-6-9/h1-2,5,9,16H,3-4,6-8H2. The lowest BCUT2D eigenvalue weighted by atomic mass is 9.68. The molecule has 1 aromatic rings. The van der Waals surface area contributed by atoms with Crippen LogP contribution in [0.2, 0.25) is 0 Å². The zero-order valence-electron chi connectivity index (χ0n) is 9.51. The summed E-state index contributed by atoms with van der Waals surface area (Å²) in [6.07, 6.45) is 1.03. The monoisotopic (exact) mass is 239 g/mol. The van der Waals surface area contributed by atoms with Crippen LogP contribution in [0, 0.1) is 17.6 Å². The highest BCUT2D eigenvalue weighted by Gasteiger charge is 2.49. The molecule has 2 nitrogen and oxygen atoms in total. The minimum atomic E-state index is -0.522. The molecule has 2 aliphatic heterocycles. The third-order valence-electron chi connectivity index (χ3n) is 4.03. The Morgan fingerprint density at radius 3 is 2.65 bits per heavy atom. The van der Waals surface area contributed by atoms with Gasteiger partial charge in [0.25, 0.3) is 0 Å². The van der Waals surface area contributed by atoms with Gasteiger partial charge in [0.1, 0.15) is 11.6 Å². The number of hydrogen-bond acceptors (Lipinski definition) is 2. The van der Waals surface area contributed by atoms with Crippen molar-refractivity contribution in [3.63, 3.8) is 0 Å². The van der Waals surface area contributed by atoms with Crippen molar-refractivity contribution in [2.24, 2.45) is 5.92 Å². The van der Waals surface area contributed by atoms with Gasteiger partial charge >= 0.3 is 0 Å². The molecule has 0 amide bonds. The van der Waals surface area contributed by atoms with Crippen molar-refractivity contribution in [1.29, 1.82) is 0 Å². The summed E-state index contributed by atoms with van der Waals surface area (Å²) in [7, 11) is 0. The van der Waals surface area contributed by atoms with E-state index >= 15 is 0 Å². The number of benzene rings is 1. The molecule has 1 aromatic carbocycles. The molecule has 4 heteroatoms. The van der Waals surface area contributed by atoms with Gasteiger partial charge in [-0.25, -0.2) is 8.78 Å². The molecule has 0 aromatic heterocycles. The van der Waals surface area contributed by atoms with Crippen molar-refractivity contribution < 1.29 is 13.5 Å². The summed E-state index contributed by atoms with van der Waals surface area (Å²) in [5.41, 5.74) is 0.361. The highest BCUT2D eigenvalue weighted by molar-refractivity contribution is 5.32. The Hall–Kier alpha value is -1.00. The van der Waals surface area contributed by atoms with Gasteiger partial charge in [0.2, 0.25) is 0 Å². The van der Waals surface area contributed by atoms with Crippen molar-refractivity contribution in [2.75, 3.05) is 26.3 Å². The molecule has 0 spiro atoms. The first-order valence-corrected chi connectivity index (χ1v) is 5.96. The van der Waals surface area contributed by atoms with E-state index in [0.29, 0.717) is 24.7 Å². The molecule has 0 aliphatic carbocycles. The fourth-order valence-corrected chi connectivity index (χ4v) is 2.95. The predicted molar refractivity (Wildman–Crippen MR) is 59.8 cm³/mol. The average Bonchev–Trinajstić information content (AvgIpc) is 2.73. The first-order chi connectivity index (χ1) is 8.22. The van der Waals surface area contributed by atoms with Gasteiger partial charge in [-0.05, 0) is 37.1 Å². The highest BCUT2D eigenvalue weighted by atomic mass is 19.1. The Labute approximate surface area is 99.0 Å². The first-order valence-electron chi connectivity index (χ1n) is 5.96. The number of rotatable bonds is 2. The maximum atomic E-state index is 13.9. The lowest BCUT2D eigenvalue weighted by molar-refractivity contribution is -0.0885. The van der Waals surface area contributed by atoms with E-state index in [1.165, 1.54) is 6.07 Å². The second kappa shape index (κ2) is 4.03. The summed E-state index contributed by atoms with van der Waals surface area (Å²) in [5, 5.41) is 3.29. The molecule has 0 radical (unpaired) electrons. The van der Waals surface area contributed by atoms with E-state index in [1.54, 1.807) is 6.07 Å². The maximum Gasteiger partial charge on any atom is 0.130 e. The Bertz CT molecular complexity index is 425. The second-order valence-electron chi connectivity index (χ2n) is 4.96. The Kier molecular flexibility index (Phi) is 2.64. The largest absolute Gasteiger partial charge is 0.379 e. The number of halogens is 2. The summed E-state index contributed by atoms with van der Waals surface area (Å²) in [6, 6.07) is 3.88. The average molecular weight is 239 g/mol. The highest BCUT2D eigenvalue weighted by Crippen LogP contribution is 2.43. The number of ether oxygens (including phenoxy) is 1. The molecule has 0 bridgehead atoms. The molecule has 1 N–H and O–H groups in total. The summed E-state index contributed by atoms with van der Waals surface area (Å²) in [4.78, 5) is 0. The zero-order valence-corrected chi connectivity index (χ0v) is 9.51. The van der Waals surface area contributed by atoms with Gasteiger partial charge in [-0.1, -0.05) is 6.07 Å². The van der Waals surface area contributed by atoms with Crippen LogP contribution < -0.4 is 5.32 Å². The molecule has 1 unspecified atom stereocenters. The minimum absolute atomic E-state index is 0.249. The van der Waals surface area contributed by atoms with E-state index in [1.807, 2.05) is 0 Å². The van der Waals surface area contributed by atoms with Crippen LogP contribution in [0.1, 0.15) is 12.0 Å². The topological polar surface area (TPSA) is 21.3 Å². The normalized spacial score (nSPS) is 26.8. The molecule has 1 atom stereocenters. The number of nitrogens with one attached hydrogen (secondary N) is 1. The van der Waals surface area contributed by atoms with Crippen LogP contribution in [0.4, 0.5) is 8.78 Å². The Balaban J connectivity index is 1.98. The van der Waals surface area contributed by atoms with E-state index in [9.17, 15) is 8.78 Å². The summed E-state index contributed by atoms with van der Waals surface area (Å²) >= 11 is 0. The predicted octanol–water partition coefficient (Wildman–Crippen LogP) is 1.84. The molecule has 2 fully saturated rings. The summed E-state index contributed by atoms with van der Waals surface area (Å²) < 4.78 is 32.2. The van der Waals surface area contributed by atoms with Gasteiger partial charge in [0.15, 0.2) is 0 Å². The van der Waals surface area contributed by atoms with E-state index in [4.69, 9.17) is 4.74 Å². The molecule has 17 heavy (non-hydrogen) atoms. The van der Waals surface area contributed by atoms with E-state index in [-0.39, 0.29) is 5.41 Å². The molecular formula is C13H15F2NO. The second-order valence-corrected chi connectivity index (χ2v) is 4.96. The van der Waals surface area contributed by atoms with Crippen LogP contribution in [0.3, 0.4) is 0 Å². The molecular weight excluding hydrogens is 224 g/mol. The quantitative estimate of drug-likeness (QED) is 0.850. The lowest BCUT2D eigenvalue weighted by Crippen LogP contribution is -2.53.